The Labute approximate surface area is 126 Å². The molecule has 1 aliphatic rings. The third-order valence-corrected chi connectivity index (χ3v) is 4.14. The first-order valence-electron chi connectivity index (χ1n) is 7.81. The van der Waals surface area contributed by atoms with Crippen molar-refractivity contribution in [3.8, 4) is 0 Å². The number of carbonyl (C=O) groups is 1. The van der Waals surface area contributed by atoms with Gasteiger partial charge in [-0.15, -0.1) is 0 Å². The summed E-state index contributed by atoms with van der Waals surface area (Å²) < 4.78 is 0. The van der Waals surface area contributed by atoms with Crippen LogP contribution in [0.5, 0.6) is 0 Å². The molecule has 2 heterocycles. The van der Waals surface area contributed by atoms with E-state index in [0.29, 0.717) is 12.5 Å². The highest BCUT2D eigenvalue weighted by Gasteiger charge is 2.30. The maximum absolute atomic E-state index is 12.6. The quantitative estimate of drug-likeness (QED) is 0.864. The van der Waals surface area contributed by atoms with Gasteiger partial charge in [-0.3, -0.25) is 9.69 Å². The molecule has 1 amide bonds. The van der Waals surface area contributed by atoms with E-state index in [1.807, 2.05) is 24.1 Å². The second kappa shape index (κ2) is 7.09. The number of aliphatic hydroxyl groups excluding tert-OH is 1. The summed E-state index contributed by atoms with van der Waals surface area (Å²) in [4.78, 5) is 20.0. The molecule has 0 aromatic carbocycles. The zero-order valence-electron chi connectivity index (χ0n) is 13.3. The molecule has 1 fully saturated rings. The number of aromatic nitrogens is 1. The van der Waals surface area contributed by atoms with Crippen LogP contribution in [0.3, 0.4) is 0 Å². The molecule has 2 N–H and O–H groups in total. The smallest absolute Gasteiger partial charge is 0.255 e. The summed E-state index contributed by atoms with van der Waals surface area (Å²) in [5, 5.41) is 9.29. The molecule has 1 saturated heterocycles. The summed E-state index contributed by atoms with van der Waals surface area (Å²) >= 11 is 0. The second-order valence-electron chi connectivity index (χ2n) is 6.32. The van der Waals surface area contributed by atoms with Gasteiger partial charge in [-0.2, -0.15) is 0 Å². The van der Waals surface area contributed by atoms with Crippen LogP contribution in [0.25, 0.3) is 0 Å². The average molecular weight is 293 g/mol. The van der Waals surface area contributed by atoms with Gasteiger partial charge in [0.05, 0.1) is 5.56 Å². The van der Waals surface area contributed by atoms with Crippen molar-refractivity contribution < 1.29 is 9.90 Å². The Hall–Kier alpha value is -1.33. The van der Waals surface area contributed by atoms with Gasteiger partial charge >= 0.3 is 0 Å². The van der Waals surface area contributed by atoms with Crippen LogP contribution in [0.4, 0.5) is 0 Å². The Morgan fingerprint density at radius 2 is 2.24 bits per heavy atom. The number of piperazine rings is 1. The molecule has 5 heteroatoms. The van der Waals surface area contributed by atoms with Gasteiger partial charge in [0, 0.05) is 50.7 Å². The van der Waals surface area contributed by atoms with Crippen LogP contribution in [0.15, 0.2) is 12.3 Å². The monoisotopic (exact) mass is 293 g/mol. The van der Waals surface area contributed by atoms with Gasteiger partial charge in [-0.1, -0.05) is 13.8 Å². The first kappa shape index (κ1) is 16.0. The summed E-state index contributed by atoms with van der Waals surface area (Å²) in [6.07, 6.45) is 2.53. The number of H-pyrrole nitrogens is 1. The molecule has 1 unspecified atom stereocenters. The molecule has 118 valence electrons. The SMILES string of the molecule is Cc1[nH]ccc1C(=O)N1CCN(CC(C)C)C(CCO)C1. The Balaban J connectivity index is 2.04. The zero-order valence-corrected chi connectivity index (χ0v) is 13.3. The highest BCUT2D eigenvalue weighted by molar-refractivity contribution is 5.95. The topological polar surface area (TPSA) is 59.6 Å². The minimum Gasteiger partial charge on any atom is -0.396 e. The maximum atomic E-state index is 12.6. The van der Waals surface area contributed by atoms with Crippen LogP contribution in [-0.4, -0.2) is 64.6 Å². The Bertz CT molecular complexity index is 470. The van der Waals surface area contributed by atoms with Crippen LogP contribution in [0.1, 0.15) is 36.3 Å². The number of aromatic amines is 1. The van der Waals surface area contributed by atoms with Crippen molar-refractivity contribution in [1.29, 1.82) is 0 Å². The average Bonchev–Trinajstić information content (AvgIpc) is 2.86. The Kier molecular flexibility index (Phi) is 5.42. The van der Waals surface area contributed by atoms with Crippen LogP contribution in [0, 0.1) is 12.8 Å². The minimum absolute atomic E-state index is 0.0980. The predicted molar refractivity (Wildman–Crippen MR) is 83.3 cm³/mol. The largest absolute Gasteiger partial charge is 0.396 e. The summed E-state index contributed by atoms with van der Waals surface area (Å²) in [6.45, 7) is 9.88. The minimum atomic E-state index is 0.0980. The Morgan fingerprint density at radius 3 is 2.81 bits per heavy atom. The van der Waals surface area contributed by atoms with E-state index in [9.17, 15) is 9.90 Å². The van der Waals surface area contributed by atoms with Crippen molar-refractivity contribution in [2.45, 2.75) is 33.2 Å². The molecule has 1 atom stereocenters. The first-order valence-corrected chi connectivity index (χ1v) is 7.81. The summed E-state index contributed by atoms with van der Waals surface area (Å²) in [5.74, 6) is 0.696. The molecule has 1 aromatic heterocycles. The van der Waals surface area contributed by atoms with Gasteiger partial charge in [-0.05, 0) is 25.3 Å². The number of carbonyl (C=O) groups excluding carboxylic acids is 1. The number of hydrogen-bond acceptors (Lipinski definition) is 3. The number of nitrogens with one attached hydrogen (secondary N) is 1. The summed E-state index contributed by atoms with van der Waals surface area (Å²) in [5.41, 5.74) is 1.68. The lowest BCUT2D eigenvalue weighted by Gasteiger charge is -2.42. The lowest BCUT2D eigenvalue weighted by Crippen LogP contribution is -2.55. The van der Waals surface area contributed by atoms with E-state index in [4.69, 9.17) is 0 Å². The van der Waals surface area contributed by atoms with E-state index in [-0.39, 0.29) is 18.6 Å². The molecule has 0 radical (unpaired) electrons. The van der Waals surface area contributed by atoms with Crippen LogP contribution < -0.4 is 0 Å². The molecule has 5 nitrogen and oxygen atoms in total. The van der Waals surface area contributed by atoms with E-state index >= 15 is 0 Å². The lowest BCUT2D eigenvalue weighted by molar-refractivity contribution is 0.0384. The summed E-state index contributed by atoms with van der Waals surface area (Å²) in [6, 6.07) is 2.11. The maximum Gasteiger partial charge on any atom is 0.255 e. The summed E-state index contributed by atoms with van der Waals surface area (Å²) in [7, 11) is 0. The number of hydrogen-bond donors (Lipinski definition) is 2. The van der Waals surface area contributed by atoms with Crippen molar-refractivity contribution in [1.82, 2.24) is 14.8 Å². The predicted octanol–water partition coefficient (Wildman–Crippen LogP) is 1.49. The third kappa shape index (κ3) is 3.86. The highest BCUT2D eigenvalue weighted by atomic mass is 16.3. The zero-order chi connectivity index (χ0) is 15.4. The van der Waals surface area contributed by atoms with Gasteiger partial charge in [0.15, 0.2) is 0 Å². The van der Waals surface area contributed by atoms with E-state index in [2.05, 4.69) is 23.7 Å². The van der Waals surface area contributed by atoms with E-state index in [1.54, 1.807) is 0 Å². The van der Waals surface area contributed by atoms with Crippen molar-refractivity contribution >= 4 is 5.91 Å². The normalized spacial score (nSPS) is 20.2. The van der Waals surface area contributed by atoms with Crippen molar-refractivity contribution in [3.05, 3.63) is 23.5 Å². The molecule has 0 saturated carbocycles. The molecule has 0 aliphatic carbocycles. The molecular weight excluding hydrogens is 266 g/mol. The van der Waals surface area contributed by atoms with Crippen molar-refractivity contribution in [2.75, 3.05) is 32.8 Å². The van der Waals surface area contributed by atoms with E-state index < -0.39 is 0 Å². The molecule has 0 bridgehead atoms. The molecule has 0 spiro atoms. The van der Waals surface area contributed by atoms with Gasteiger partial charge in [0.25, 0.3) is 5.91 Å². The van der Waals surface area contributed by atoms with Gasteiger partial charge < -0.3 is 15.0 Å². The number of aryl methyl sites for hydroxylation is 1. The molecule has 21 heavy (non-hydrogen) atoms. The fourth-order valence-electron chi connectivity index (χ4n) is 3.06. The van der Waals surface area contributed by atoms with Crippen molar-refractivity contribution in [3.63, 3.8) is 0 Å². The fraction of sp³-hybridized carbons (Fsp3) is 0.688. The lowest BCUT2D eigenvalue weighted by atomic mass is 10.1. The van der Waals surface area contributed by atoms with Crippen LogP contribution >= 0.6 is 0 Å². The molecule has 1 aliphatic heterocycles. The molecular formula is C16H27N3O2. The van der Waals surface area contributed by atoms with Crippen LogP contribution in [0.2, 0.25) is 0 Å². The molecule has 2 rings (SSSR count). The highest BCUT2D eigenvalue weighted by Crippen LogP contribution is 2.18. The standard InChI is InChI=1S/C16H27N3O2/c1-12(2)10-18-7-8-19(11-14(18)5-9-20)16(21)15-4-6-17-13(15)3/h4,6,12,14,17,20H,5,7-11H2,1-3H3. The number of aliphatic hydroxyl groups is 1. The number of rotatable bonds is 5. The van der Waals surface area contributed by atoms with Gasteiger partial charge in [-0.25, -0.2) is 0 Å². The van der Waals surface area contributed by atoms with Gasteiger partial charge in [0.1, 0.15) is 0 Å². The Morgan fingerprint density at radius 1 is 1.48 bits per heavy atom. The number of amides is 1. The van der Waals surface area contributed by atoms with Crippen molar-refractivity contribution in [2.24, 2.45) is 5.92 Å². The first-order chi connectivity index (χ1) is 10.0. The fourth-order valence-corrected chi connectivity index (χ4v) is 3.06. The van der Waals surface area contributed by atoms with Crippen LogP contribution in [-0.2, 0) is 0 Å². The van der Waals surface area contributed by atoms with E-state index in [0.717, 1.165) is 37.3 Å². The molecule has 1 aromatic rings. The third-order valence-electron chi connectivity index (χ3n) is 4.14. The van der Waals surface area contributed by atoms with E-state index in [1.165, 1.54) is 0 Å². The number of nitrogens with zero attached hydrogens (tertiary/aromatic N) is 2. The van der Waals surface area contributed by atoms with Gasteiger partial charge in [0.2, 0.25) is 0 Å². The second-order valence-corrected chi connectivity index (χ2v) is 6.32.